The van der Waals surface area contributed by atoms with Crippen LogP contribution in [0.15, 0.2) is 0 Å². The molecule has 0 saturated carbocycles. The first-order valence-electron chi connectivity index (χ1n) is 0. The predicted molar refractivity (Wildman–Crippen MR) is 10.8 cm³/mol. The van der Waals surface area contributed by atoms with Gasteiger partial charge in [0.15, 0.2) is 0 Å². The van der Waals surface area contributed by atoms with E-state index in [1.54, 1.807) is 0 Å². The van der Waals surface area contributed by atoms with Crippen LogP contribution in [0.4, 0.5) is 0 Å². The minimum atomic E-state index is 0. The monoisotopic (exact) mass is 156 g/mol. The molecular formula is H6O3Ru. The molecule has 0 aromatic heterocycles. The van der Waals surface area contributed by atoms with Gasteiger partial charge in [-0.2, -0.15) is 0 Å². The Morgan fingerprint density at radius 3 is 0.500 bits per heavy atom. The zero-order valence-electron chi connectivity index (χ0n) is 1.85. The van der Waals surface area contributed by atoms with Crippen LogP contribution >= 0.6 is 0 Å². The smallest absolute Gasteiger partial charge is 0 e. The summed E-state index contributed by atoms with van der Waals surface area (Å²) >= 11 is 0. The van der Waals surface area contributed by atoms with Crippen molar-refractivity contribution >= 4 is 0 Å². The van der Waals surface area contributed by atoms with E-state index in [4.69, 9.17) is 0 Å². The van der Waals surface area contributed by atoms with E-state index >= 15 is 0 Å². The molecule has 0 aliphatic carbocycles. The molecule has 0 aromatic rings. The van der Waals surface area contributed by atoms with Gasteiger partial charge in [-0.3, -0.25) is 0 Å². The summed E-state index contributed by atoms with van der Waals surface area (Å²) in [5, 5.41) is 0. The molecule has 0 aliphatic heterocycles. The maximum Gasteiger partial charge on any atom is 0 e. The molecule has 0 unspecified atom stereocenters. The van der Waals surface area contributed by atoms with Crippen LogP contribution in [-0.2, 0) is 19.5 Å². The minimum Gasteiger partial charge on any atom is -0.412 e. The standard InChI is InChI=1S/3H2O.Ru/h3*1H2;. The molecule has 0 bridgehead atoms. The van der Waals surface area contributed by atoms with Crippen molar-refractivity contribution in [1.82, 2.24) is 0 Å². The van der Waals surface area contributed by atoms with Crippen LogP contribution in [0.2, 0.25) is 0 Å². The molecule has 0 atom stereocenters. The van der Waals surface area contributed by atoms with Crippen LogP contribution in [0, 0.1) is 0 Å². The Bertz CT molecular complexity index is 3.25. The Morgan fingerprint density at radius 1 is 0.500 bits per heavy atom. The van der Waals surface area contributed by atoms with Gasteiger partial charge in [-0.1, -0.05) is 0 Å². The normalized spacial score (nSPS) is 0. The average Bonchev–Trinajstić information content (AvgIpc) is 0. The van der Waals surface area contributed by atoms with E-state index in [9.17, 15) is 0 Å². The summed E-state index contributed by atoms with van der Waals surface area (Å²) in [6.07, 6.45) is 0. The van der Waals surface area contributed by atoms with Gasteiger partial charge in [0, 0.05) is 19.5 Å². The molecule has 0 saturated heterocycles. The van der Waals surface area contributed by atoms with E-state index in [1.807, 2.05) is 0 Å². The van der Waals surface area contributed by atoms with Crippen LogP contribution in [0.5, 0.6) is 0 Å². The van der Waals surface area contributed by atoms with Crippen molar-refractivity contribution in [2.24, 2.45) is 0 Å². The van der Waals surface area contributed by atoms with Crippen LogP contribution in [0.3, 0.4) is 0 Å². The Labute approximate surface area is 36.7 Å². The molecular weight excluding hydrogens is 149 g/mol. The topological polar surface area (TPSA) is 94.5 Å². The van der Waals surface area contributed by atoms with Crippen molar-refractivity contribution in [3.05, 3.63) is 0 Å². The van der Waals surface area contributed by atoms with E-state index < -0.39 is 0 Å². The first-order chi connectivity index (χ1) is 0. The molecule has 0 radical (unpaired) electrons. The van der Waals surface area contributed by atoms with Crippen LogP contribution in [0.1, 0.15) is 0 Å². The molecule has 4 heavy (non-hydrogen) atoms. The quantitative estimate of drug-likeness (QED) is 0.346. The van der Waals surface area contributed by atoms with Crippen LogP contribution in [0.25, 0.3) is 0 Å². The Kier molecular flexibility index (Phi) is 4730. The van der Waals surface area contributed by atoms with Crippen molar-refractivity contribution < 1.29 is 35.9 Å². The van der Waals surface area contributed by atoms with E-state index in [0.717, 1.165) is 0 Å². The van der Waals surface area contributed by atoms with E-state index in [1.165, 1.54) is 0 Å². The van der Waals surface area contributed by atoms with Gasteiger partial charge < -0.3 is 16.4 Å². The van der Waals surface area contributed by atoms with Gasteiger partial charge in [0.25, 0.3) is 0 Å². The number of rotatable bonds is 0. The van der Waals surface area contributed by atoms with Crippen molar-refractivity contribution in [1.29, 1.82) is 0 Å². The second-order valence-electron chi connectivity index (χ2n) is 0. The van der Waals surface area contributed by atoms with E-state index in [-0.39, 0.29) is 35.9 Å². The second kappa shape index (κ2) is 86.6. The summed E-state index contributed by atoms with van der Waals surface area (Å²) in [7, 11) is 0. The van der Waals surface area contributed by atoms with Crippen molar-refractivity contribution in [3.63, 3.8) is 0 Å². The average molecular weight is 155 g/mol. The molecule has 32 valence electrons. The third-order valence-electron chi connectivity index (χ3n) is 0. The summed E-state index contributed by atoms with van der Waals surface area (Å²) in [6.45, 7) is 0. The summed E-state index contributed by atoms with van der Waals surface area (Å²) in [4.78, 5) is 0. The van der Waals surface area contributed by atoms with E-state index in [2.05, 4.69) is 0 Å². The third-order valence-corrected chi connectivity index (χ3v) is 0. The zero-order valence-corrected chi connectivity index (χ0v) is 3.59. The molecule has 3 nitrogen and oxygen atoms in total. The largest absolute Gasteiger partial charge is 0.412 e. The summed E-state index contributed by atoms with van der Waals surface area (Å²) in [5.41, 5.74) is 0. The van der Waals surface area contributed by atoms with Gasteiger partial charge in [0.2, 0.25) is 0 Å². The Morgan fingerprint density at radius 2 is 0.500 bits per heavy atom. The maximum absolute atomic E-state index is 0. The van der Waals surface area contributed by atoms with Crippen molar-refractivity contribution in [2.45, 2.75) is 0 Å². The molecule has 0 heterocycles. The minimum absolute atomic E-state index is 0. The van der Waals surface area contributed by atoms with Crippen molar-refractivity contribution in [3.8, 4) is 0 Å². The van der Waals surface area contributed by atoms with Gasteiger partial charge in [-0.25, -0.2) is 0 Å². The first kappa shape index (κ1) is 218. The van der Waals surface area contributed by atoms with Crippen molar-refractivity contribution in [2.75, 3.05) is 0 Å². The molecule has 0 fully saturated rings. The molecule has 0 aliphatic rings. The van der Waals surface area contributed by atoms with E-state index in [0.29, 0.717) is 0 Å². The fourth-order valence-corrected chi connectivity index (χ4v) is 0. The Balaban J connectivity index is 0. The molecule has 4 heteroatoms. The zero-order chi connectivity index (χ0) is 0. The Hall–Kier alpha value is 0.503. The fraction of sp³-hybridized carbons (Fsp3) is 0. The van der Waals surface area contributed by atoms with Gasteiger partial charge >= 0.3 is 0 Å². The van der Waals surface area contributed by atoms with Gasteiger partial charge in [-0.05, 0) is 0 Å². The van der Waals surface area contributed by atoms with Gasteiger partial charge in [-0.15, -0.1) is 0 Å². The summed E-state index contributed by atoms with van der Waals surface area (Å²) in [5.74, 6) is 0. The fourth-order valence-electron chi connectivity index (χ4n) is 0. The number of hydrogen-bond acceptors (Lipinski definition) is 0. The van der Waals surface area contributed by atoms with Gasteiger partial charge in [0.1, 0.15) is 0 Å². The first-order valence-corrected chi connectivity index (χ1v) is 0. The number of hydrogen-bond donors (Lipinski definition) is 0. The third kappa shape index (κ3) is 22.3. The van der Waals surface area contributed by atoms with Gasteiger partial charge in [0.05, 0.1) is 0 Å². The van der Waals surface area contributed by atoms with Crippen LogP contribution < -0.4 is 0 Å². The predicted octanol–water partition coefficient (Wildman–Crippen LogP) is -2.48. The summed E-state index contributed by atoms with van der Waals surface area (Å²) < 4.78 is 0. The molecule has 0 aromatic carbocycles. The molecule has 6 N–H and O–H groups in total. The SMILES string of the molecule is O.O.O.[Ru]. The van der Waals surface area contributed by atoms with Crippen LogP contribution in [-0.4, -0.2) is 16.4 Å². The molecule has 0 amide bonds. The molecule has 0 rings (SSSR count). The summed E-state index contributed by atoms with van der Waals surface area (Å²) in [6, 6.07) is 0. The second-order valence-corrected chi connectivity index (χ2v) is 0. The molecule has 0 spiro atoms. The maximum atomic E-state index is 0.